The van der Waals surface area contributed by atoms with E-state index in [-0.39, 0.29) is 16.9 Å². The van der Waals surface area contributed by atoms with Crippen LogP contribution in [0.4, 0.5) is 4.39 Å². The smallest absolute Gasteiger partial charge is 0.142 e. The zero-order valence-electron chi connectivity index (χ0n) is 10.9. The molecule has 1 aromatic carbocycles. The van der Waals surface area contributed by atoms with Gasteiger partial charge in [0.25, 0.3) is 0 Å². The maximum absolute atomic E-state index is 13.5. The average molecular weight is 270 g/mol. The highest BCUT2D eigenvalue weighted by molar-refractivity contribution is 6.30. The second-order valence-corrected chi connectivity index (χ2v) is 5.66. The Hall–Kier alpha value is -0.600. The van der Waals surface area contributed by atoms with E-state index in [1.165, 1.54) is 32.1 Å². The van der Waals surface area contributed by atoms with Gasteiger partial charge in [-0.25, -0.2) is 4.39 Å². The fourth-order valence-electron chi connectivity index (χ4n) is 2.91. The van der Waals surface area contributed by atoms with Gasteiger partial charge in [-0.1, -0.05) is 49.8 Å². The van der Waals surface area contributed by atoms with Crippen molar-refractivity contribution in [3.05, 3.63) is 34.6 Å². The van der Waals surface area contributed by atoms with Crippen molar-refractivity contribution < 1.29 is 4.39 Å². The number of benzene rings is 1. The standard InChI is InChI=1S/C15H21ClFN/c1-18-15(9-11-5-3-2-4-6-11)12-7-8-13(16)14(17)10-12/h7-8,10-11,15,18H,2-6,9H2,1H3. The summed E-state index contributed by atoms with van der Waals surface area (Å²) in [6, 6.07) is 5.37. The second-order valence-electron chi connectivity index (χ2n) is 5.25. The molecule has 2 rings (SSSR count). The molecule has 0 heterocycles. The lowest BCUT2D eigenvalue weighted by Gasteiger charge is -2.26. The Bertz CT molecular complexity index is 388. The number of hydrogen-bond donors (Lipinski definition) is 1. The molecule has 1 aliphatic rings. The molecule has 1 unspecified atom stereocenters. The minimum absolute atomic E-state index is 0.200. The molecule has 1 aliphatic carbocycles. The quantitative estimate of drug-likeness (QED) is 0.835. The normalized spacial score (nSPS) is 18.8. The summed E-state index contributed by atoms with van der Waals surface area (Å²) in [6.45, 7) is 0. The van der Waals surface area contributed by atoms with E-state index >= 15 is 0 Å². The van der Waals surface area contributed by atoms with Gasteiger partial charge in [0, 0.05) is 6.04 Å². The fourth-order valence-corrected chi connectivity index (χ4v) is 3.02. The minimum Gasteiger partial charge on any atom is -0.313 e. The van der Waals surface area contributed by atoms with Gasteiger partial charge in [-0.05, 0) is 37.1 Å². The first-order valence-electron chi connectivity index (χ1n) is 6.83. The lowest BCUT2D eigenvalue weighted by Crippen LogP contribution is -2.21. The van der Waals surface area contributed by atoms with Crippen LogP contribution in [0.1, 0.15) is 50.1 Å². The Labute approximate surface area is 114 Å². The van der Waals surface area contributed by atoms with E-state index in [0.717, 1.165) is 17.9 Å². The van der Waals surface area contributed by atoms with Crippen LogP contribution in [0.25, 0.3) is 0 Å². The molecule has 0 saturated heterocycles. The first-order chi connectivity index (χ1) is 8.70. The van der Waals surface area contributed by atoms with Crippen LogP contribution in [0.5, 0.6) is 0 Å². The molecule has 0 aromatic heterocycles. The molecule has 1 fully saturated rings. The van der Waals surface area contributed by atoms with E-state index in [0.29, 0.717) is 0 Å². The van der Waals surface area contributed by atoms with E-state index in [2.05, 4.69) is 5.32 Å². The molecule has 1 aromatic rings. The second kappa shape index (κ2) is 6.53. The molecular weight excluding hydrogens is 249 g/mol. The van der Waals surface area contributed by atoms with Crippen LogP contribution in [0.15, 0.2) is 18.2 Å². The fraction of sp³-hybridized carbons (Fsp3) is 0.600. The van der Waals surface area contributed by atoms with Gasteiger partial charge in [0.2, 0.25) is 0 Å². The Morgan fingerprint density at radius 3 is 2.67 bits per heavy atom. The van der Waals surface area contributed by atoms with Crippen LogP contribution < -0.4 is 5.32 Å². The predicted molar refractivity (Wildman–Crippen MR) is 74.4 cm³/mol. The van der Waals surface area contributed by atoms with Crippen molar-refractivity contribution in [1.29, 1.82) is 0 Å². The highest BCUT2D eigenvalue weighted by atomic mass is 35.5. The van der Waals surface area contributed by atoms with Crippen molar-refractivity contribution in [3.8, 4) is 0 Å². The molecule has 0 bridgehead atoms. The van der Waals surface area contributed by atoms with E-state index in [9.17, 15) is 4.39 Å². The predicted octanol–water partition coefficient (Wildman–Crippen LogP) is 4.71. The first kappa shape index (κ1) is 13.8. The molecule has 1 nitrogen and oxygen atoms in total. The molecule has 1 saturated carbocycles. The summed E-state index contributed by atoms with van der Waals surface area (Å²) in [7, 11) is 1.94. The van der Waals surface area contributed by atoms with Crippen molar-refractivity contribution in [1.82, 2.24) is 5.32 Å². The summed E-state index contributed by atoms with van der Waals surface area (Å²) in [5.41, 5.74) is 1.00. The van der Waals surface area contributed by atoms with Crippen LogP contribution in [0, 0.1) is 11.7 Å². The Morgan fingerprint density at radius 2 is 2.06 bits per heavy atom. The maximum atomic E-state index is 13.5. The summed E-state index contributed by atoms with van der Waals surface area (Å²) >= 11 is 5.72. The molecule has 0 aliphatic heterocycles. The molecule has 3 heteroatoms. The van der Waals surface area contributed by atoms with Gasteiger partial charge < -0.3 is 5.32 Å². The summed E-state index contributed by atoms with van der Waals surface area (Å²) < 4.78 is 13.5. The van der Waals surface area contributed by atoms with Crippen LogP contribution in [-0.2, 0) is 0 Å². The van der Waals surface area contributed by atoms with E-state index < -0.39 is 0 Å². The Kier molecular flexibility index (Phi) is 5.02. The van der Waals surface area contributed by atoms with Crippen molar-refractivity contribution in [2.24, 2.45) is 5.92 Å². The largest absolute Gasteiger partial charge is 0.313 e. The van der Waals surface area contributed by atoms with E-state index in [4.69, 9.17) is 11.6 Å². The molecule has 1 atom stereocenters. The van der Waals surface area contributed by atoms with Crippen LogP contribution in [0.2, 0.25) is 5.02 Å². The van der Waals surface area contributed by atoms with Gasteiger partial charge in [-0.3, -0.25) is 0 Å². The zero-order chi connectivity index (χ0) is 13.0. The molecule has 0 spiro atoms. The van der Waals surface area contributed by atoms with Crippen molar-refractivity contribution in [2.45, 2.75) is 44.6 Å². The van der Waals surface area contributed by atoms with Gasteiger partial charge in [0.1, 0.15) is 5.82 Å². The number of rotatable bonds is 4. The number of hydrogen-bond acceptors (Lipinski definition) is 1. The Balaban J connectivity index is 2.04. The minimum atomic E-state index is -0.321. The molecule has 18 heavy (non-hydrogen) atoms. The van der Waals surface area contributed by atoms with Crippen molar-refractivity contribution in [3.63, 3.8) is 0 Å². The summed E-state index contributed by atoms with van der Waals surface area (Å²) in [4.78, 5) is 0. The molecular formula is C15H21ClFN. The summed E-state index contributed by atoms with van der Waals surface area (Å²) in [5, 5.41) is 3.50. The van der Waals surface area contributed by atoms with E-state index in [1.54, 1.807) is 12.1 Å². The van der Waals surface area contributed by atoms with Gasteiger partial charge in [-0.15, -0.1) is 0 Å². The summed E-state index contributed by atoms with van der Waals surface area (Å²) in [5.74, 6) is 0.452. The monoisotopic (exact) mass is 269 g/mol. The molecule has 0 amide bonds. The van der Waals surface area contributed by atoms with Gasteiger partial charge in [0.05, 0.1) is 5.02 Å². The average Bonchev–Trinajstić information content (AvgIpc) is 2.40. The molecule has 0 radical (unpaired) electrons. The lowest BCUT2D eigenvalue weighted by molar-refractivity contribution is 0.305. The van der Waals surface area contributed by atoms with Gasteiger partial charge in [-0.2, -0.15) is 0 Å². The SMILES string of the molecule is CNC(CC1CCCCC1)c1ccc(Cl)c(F)c1. The third-order valence-electron chi connectivity index (χ3n) is 3.99. The van der Waals surface area contributed by atoms with Crippen LogP contribution >= 0.6 is 11.6 Å². The Morgan fingerprint density at radius 1 is 1.33 bits per heavy atom. The van der Waals surface area contributed by atoms with E-state index in [1.807, 2.05) is 13.1 Å². The zero-order valence-corrected chi connectivity index (χ0v) is 11.6. The van der Waals surface area contributed by atoms with Crippen molar-refractivity contribution in [2.75, 3.05) is 7.05 Å². The maximum Gasteiger partial charge on any atom is 0.142 e. The molecule has 1 N–H and O–H groups in total. The topological polar surface area (TPSA) is 12.0 Å². The lowest BCUT2D eigenvalue weighted by atomic mass is 9.83. The number of nitrogens with one attached hydrogen (secondary N) is 1. The van der Waals surface area contributed by atoms with Gasteiger partial charge in [0.15, 0.2) is 0 Å². The third kappa shape index (κ3) is 3.46. The highest BCUT2D eigenvalue weighted by Gasteiger charge is 2.19. The highest BCUT2D eigenvalue weighted by Crippen LogP contribution is 2.32. The van der Waals surface area contributed by atoms with Crippen LogP contribution in [0.3, 0.4) is 0 Å². The molecule has 100 valence electrons. The van der Waals surface area contributed by atoms with Crippen LogP contribution in [-0.4, -0.2) is 7.05 Å². The third-order valence-corrected chi connectivity index (χ3v) is 4.29. The number of halogens is 2. The van der Waals surface area contributed by atoms with Crippen molar-refractivity contribution >= 4 is 11.6 Å². The van der Waals surface area contributed by atoms with Gasteiger partial charge >= 0.3 is 0 Å². The first-order valence-corrected chi connectivity index (χ1v) is 7.20. The summed E-state index contributed by atoms with van der Waals surface area (Å²) in [6.07, 6.45) is 7.78.